The fourth-order valence-electron chi connectivity index (χ4n) is 2.36. The summed E-state index contributed by atoms with van der Waals surface area (Å²) in [5.74, 6) is -0.156. The highest BCUT2D eigenvalue weighted by Gasteiger charge is 2.12. The van der Waals surface area contributed by atoms with Crippen molar-refractivity contribution in [3.05, 3.63) is 71.3 Å². The zero-order valence-electron chi connectivity index (χ0n) is 14.3. The Morgan fingerprint density at radius 2 is 1.58 bits per heavy atom. The summed E-state index contributed by atoms with van der Waals surface area (Å²) in [4.78, 5) is 26.2. The van der Waals surface area contributed by atoms with Crippen LogP contribution in [0.4, 0.5) is 0 Å². The predicted molar refractivity (Wildman–Crippen MR) is 95.9 cm³/mol. The molecule has 0 heterocycles. The summed E-state index contributed by atoms with van der Waals surface area (Å²) in [5.41, 5.74) is 2.21. The van der Waals surface area contributed by atoms with Crippen LogP contribution in [0.1, 0.15) is 46.0 Å². The molecule has 2 amide bonds. The van der Waals surface area contributed by atoms with Crippen LogP contribution in [-0.2, 0) is 6.54 Å². The molecule has 24 heavy (non-hydrogen) atoms. The molecule has 126 valence electrons. The normalized spacial score (nSPS) is 10.2. The number of benzene rings is 2. The second-order valence-electron chi connectivity index (χ2n) is 5.83. The number of amides is 2. The van der Waals surface area contributed by atoms with E-state index in [2.05, 4.69) is 12.2 Å². The second-order valence-corrected chi connectivity index (χ2v) is 5.83. The molecule has 0 fully saturated rings. The maximum Gasteiger partial charge on any atom is 0.253 e. The number of hydrogen-bond acceptors (Lipinski definition) is 2. The molecule has 4 nitrogen and oxygen atoms in total. The third-order valence-electron chi connectivity index (χ3n) is 3.88. The van der Waals surface area contributed by atoms with E-state index in [0.29, 0.717) is 17.7 Å². The van der Waals surface area contributed by atoms with Gasteiger partial charge in [0.25, 0.3) is 11.8 Å². The molecule has 2 aromatic carbocycles. The van der Waals surface area contributed by atoms with Crippen molar-refractivity contribution in [2.24, 2.45) is 0 Å². The van der Waals surface area contributed by atoms with Gasteiger partial charge in [-0.3, -0.25) is 9.59 Å². The number of carbonyl (C=O) groups excluding carboxylic acids is 2. The lowest BCUT2D eigenvalue weighted by molar-refractivity contribution is 0.0792. The van der Waals surface area contributed by atoms with Crippen molar-refractivity contribution in [2.45, 2.75) is 26.3 Å². The summed E-state index contributed by atoms with van der Waals surface area (Å²) in [6.07, 6.45) is 2.04. The number of unbranched alkanes of at least 4 members (excludes halogenated alkanes) is 1. The average Bonchev–Trinajstić information content (AvgIpc) is 2.64. The van der Waals surface area contributed by atoms with Gasteiger partial charge >= 0.3 is 0 Å². The lowest BCUT2D eigenvalue weighted by atomic mass is 10.1. The van der Waals surface area contributed by atoms with Crippen molar-refractivity contribution in [1.29, 1.82) is 0 Å². The zero-order chi connectivity index (χ0) is 17.4. The van der Waals surface area contributed by atoms with Crippen molar-refractivity contribution in [3.8, 4) is 0 Å². The molecule has 0 aromatic heterocycles. The Balaban J connectivity index is 1.93. The smallest absolute Gasteiger partial charge is 0.253 e. The minimum atomic E-state index is -0.141. The Morgan fingerprint density at radius 3 is 2.21 bits per heavy atom. The van der Waals surface area contributed by atoms with Gasteiger partial charge in [-0.05, 0) is 36.2 Å². The third kappa shape index (κ3) is 4.95. The molecular weight excluding hydrogens is 300 g/mol. The van der Waals surface area contributed by atoms with Crippen LogP contribution in [-0.4, -0.2) is 30.3 Å². The Hall–Kier alpha value is -2.62. The lowest BCUT2D eigenvalue weighted by Gasteiger charge is -2.16. The van der Waals surface area contributed by atoms with E-state index >= 15 is 0 Å². The maximum absolute atomic E-state index is 12.3. The summed E-state index contributed by atoms with van der Waals surface area (Å²) in [7, 11) is 1.80. The molecule has 0 radical (unpaired) electrons. The maximum atomic E-state index is 12.3. The third-order valence-corrected chi connectivity index (χ3v) is 3.88. The van der Waals surface area contributed by atoms with Gasteiger partial charge in [-0.25, -0.2) is 0 Å². The van der Waals surface area contributed by atoms with E-state index in [9.17, 15) is 9.59 Å². The molecule has 2 aromatic rings. The molecule has 0 unspecified atom stereocenters. The predicted octanol–water partition coefficient (Wildman–Crippen LogP) is 3.49. The molecule has 0 aliphatic heterocycles. The minimum Gasteiger partial charge on any atom is -0.348 e. The summed E-state index contributed by atoms with van der Waals surface area (Å²) in [5, 5.41) is 2.88. The minimum absolute atomic E-state index is 0.0142. The highest BCUT2D eigenvalue weighted by molar-refractivity contribution is 5.97. The highest BCUT2D eigenvalue weighted by Crippen LogP contribution is 2.08. The number of carbonyl (C=O) groups is 2. The molecule has 0 bridgehead atoms. The first kappa shape index (κ1) is 17.7. The van der Waals surface area contributed by atoms with Crippen LogP contribution in [0.3, 0.4) is 0 Å². The molecule has 0 saturated heterocycles. The Kier molecular flexibility index (Phi) is 6.55. The molecule has 0 spiro atoms. The van der Waals surface area contributed by atoms with E-state index in [-0.39, 0.29) is 11.8 Å². The van der Waals surface area contributed by atoms with Crippen LogP contribution in [0.15, 0.2) is 54.6 Å². The van der Waals surface area contributed by atoms with Crippen molar-refractivity contribution in [2.75, 3.05) is 13.6 Å². The molecule has 4 heteroatoms. The Bertz CT molecular complexity index is 666. The number of rotatable bonds is 7. The number of hydrogen-bond donors (Lipinski definition) is 1. The first-order valence-electron chi connectivity index (χ1n) is 8.29. The average molecular weight is 324 g/mol. The van der Waals surface area contributed by atoms with Gasteiger partial charge in [0, 0.05) is 31.3 Å². The number of nitrogens with one attached hydrogen (secondary N) is 1. The molecule has 0 saturated carbocycles. The van der Waals surface area contributed by atoms with Crippen LogP contribution in [0.5, 0.6) is 0 Å². The fourth-order valence-corrected chi connectivity index (χ4v) is 2.36. The van der Waals surface area contributed by atoms with E-state index in [1.165, 1.54) is 0 Å². The first-order valence-corrected chi connectivity index (χ1v) is 8.29. The van der Waals surface area contributed by atoms with Crippen LogP contribution >= 0.6 is 0 Å². The molecular formula is C20H24N2O2. The van der Waals surface area contributed by atoms with Crippen molar-refractivity contribution >= 4 is 11.8 Å². The molecule has 1 N–H and O–H groups in total. The van der Waals surface area contributed by atoms with Crippen LogP contribution in [0.25, 0.3) is 0 Å². The van der Waals surface area contributed by atoms with Crippen molar-refractivity contribution in [3.63, 3.8) is 0 Å². The lowest BCUT2D eigenvalue weighted by Crippen LogP contribution is -2.28. The highest BCUT2D eigenvalue weighted by atomic mass is 16.2. The quantitative estimate of drug-likeness (QED) is 0.847. The van der Waals surface area contributed by atoms with Crippen LogP contribution in [0, 0.1) is 0 Å². The summed E-state index contributed by atoms with van der Waals surface area (Å²) >= 11 is 0. The number of nitrogens with zero attached hydrogens (tertiary/aromatic N) is 1. The van der Waals surface area contributed by atoms with E-state index in [4.69, 9.17) is 0 Å². The summed E-state index contributed by atoms with van der Waals surface area (Å²) < 4.78 is 0. The van der Waals surface area contributed by atoms with Gasteiger partial charge in [0.2, 0.25) is 0 Å². The zero-order valence-corrected chi connectivity index (χ0v) is 14.3. The van der Waals surface area contributed by atoms with E-state index in [1.54, 1.807) is 36.2 Å². The summed E-state index contributed by atoms with van der Waals surface area (Å²) in [6, 6.07) is 16.6. The van der Waals surface area contributed by atoms with Gasteiger partial charge < -0.3 is 10.2 Å². The van der Waals surface area contributed by atoms with Crippen LogP contribution < -0.4 is 5.32 Å². The first-order chi connectivity index (χ1) is 11.6. The van der Waals surface area contributed by atoms with Gasteiger partial charge in [-0.2, -0.15) is 0 Å². The largest absolute Gasteiger partial charge is 0.348 e. The second kappa shape index (κ2) is 8.87. The topological polar surface area (TPSA) is 49.4 Å². The Morgan fingerprint density at radius 1 is 0.958 bits per heavy atom. The van der Waals surface area contributed by atoms with Gasteiger partial charge in [0.15, 0.2) is 0 Å². The standard InChI is InChI=1S/C20H24N2O2/c1-3-4-14-22(2)20(24)18-12-10-17(11-13-18)19(23)21-15-16-8-6-5-7-9-16/h5-13H,3-4,14-15H2,1-2H3,(H,21,23). The molecule has 0 aliphatic carbocycles. The molecule has 2 rings (SSSR count). The van der Waals surface area contributed by atoms with Gasteiger partial charge in [-0.15, -0.1) is 0 Å². The van der Waals surface area contributed by atoms with Crippen molar-refractivity contribution < 1.29 is 9.59 Å². The van der Waals surface area contributed by atoms with Gasteiger partial charge in [0.05, 0.1) is 0 Å². The molecule has 0 aliphatic rings. The summed E-state index contributed by atoms with van der Waals surface area (Å²) in [6.45, 7) is 3.33. The van der Waals surface area contributed by atoms with Gasteiger partial charge in [0.1, 0.15) is 0 Å². The van der Waals surface area contributed by atoms with E-state index in [0.717, 1.165) is 24.9 Å². The Labute approximate surface area is 143 Å². The van der Waals surface area contributed by atoms with Crippen LogP contribution in [0.2, 0.25) is 0 Å². The van der Waals surface area contributed by atoms with Gasteiger partial charge in [-0.1, -0.05) is 43.7 Å². The molecule has 0 atom stereocenters. The fraction of sp³-hybridized carbons (Fsp3) is 0.300. The van der Waals surface area contributed by atoms with E-state index in [1.807, 2.05) is 30.3 Å². The van der Waals surface area contributed by atoms with E-state index < -0.39 is 0 Å². The van der Waals surface area contributed by atoms with Crippen molar-refractivity contribution in [1.82, 2.24) is 10.2 Å². The SMILES string of the molecule is CCCCN(C)C(=O)c1ccc(C(=O)NCc2ccccc2)cc1. The monoisotopic (exact) mass is 324 g/mol.